The molecule has 4 rings (SSSR count). The number of hydrogen-bond donors (Lipinski definition) is 2. The largest absolute Gasteiger partial charge is 0.463 e. The topological polar surface area (TPSA) is 81.1 Å². The SMILES string of the molecule is CCOc1nc(-c2cccc(F)c2)n(-c2ccc(NC(=O)Nc3ccc(F)cc3F)cc2)n1. The summed E-state index contributed by atoms with van der Waals surface area (Å²) in [4.78, 5) is 16.5. The number of carbonyl (C=O) groups is 1. The van der Waals surface area contributed by atoms with Gasteiger partial charge in [-0.25, -0.2) is 22.6 Å². The van der Waals surface area contributed by atoms with E-state index < -0.39 is 23.5 Å². The van der Waals surface area contributed by atoms with Crippen molar-refractivity contribution in [3.8, 4) is 23.1 Å². The highest BCUT2D eigenvalue weighted by Crippen LogP contribution is 2.25. The first kappa shape index (κ1) is 21.9. The van der Waals surface area contributed by atoms with Crippen LogP contribution in [0.2, 0.25) is 0 Å². The smallest absolute Gasteiger partial charge is 0.336 e. The number of amides is 2. The molecule has 168 valence electrons. The van der Waals surface area contributed by atoms with Gasteiger partial charge in [-0.05, 0) is 55.5 Å². The second-order valence-corrected chi connectivity index (χ2v) is 6.82. The van der Waals surface area contributed by atoms with E-state index in [2.05, 4.69) is 20.7 Å². The molecule has 0 aliphatic carbocycles. The second kappa shape index (κ2) is 9.43. The lowest BCUT2D eigenvalue weighted by molar-refractivity contribution is 0.262. The Labute approximate surface area is 186 Å². The summed E-state index contributed by atoms with van der Waals surface area (Å²) in [5.74, 6) is -1.67. The van der Waals surface area contributed by atoms with E-state index in [9.17, 15) is 18.0 Å². The Bertz CT molecular complexity index is 1290. The monoisotopic (exact) mass is 453 g/mol. The average molecular weight is 453 g/mol. The summed E-state index contributed by atoms with van der Waals surface area (Å²) in [6, 6.07) is 14.8. The number of halogens is 3. The number of ether oxygens (including phenoxy) is 1. The number of urea groups is 1. The zero-order valence-electron chi connectivity index (χ0n) is 17.3. The van der Waals surface area contributed by atoms with Gasteiger partial charge in [0.15, 0.2) is 5.82 Å². The van der Waals surface area contributed by atoms with Crippen molar-refractivity contribution in [2.45, 2.75) is 6.92 Å². The predicted molar refractivity (Wildman–Crippen MR) is 117 cm³/mol. The molecule has 2 amide bonds. The third-order valence-electron chi connectivity index (χ3n) is 4.49. The lowest BCUT2D eigenvalue weighted by atomic mass is 10.2. The van der Waals surface area contributed by atoms with Crippen molar-refractivity contribution in [1.29, 1.82) is 0 Å². The molecule has 0 unspecified atom stereocenters. The highest BCUT2D eigenvalue weighted by molar-refractivity contribution is 5.99. The van der Waals surface area contributed by atoms with Gasteiger partial charge in [-0.1, -0.05) is 12.1 Å². The molecule has 0 saturated heterocycles. The van der Waals surface area contributed by atoms with Crippen LogP contribution in [0.25, 0.3) is 17.1 Å². The lowest BCUT2D eigenvalue weighted by Crippen LogP contribution is -2.20. The van der Waals surface area contributed by atoms with Gasteiger partial charge < -0.3 is 15.4 Å². The van der Waals surface area contributed by atoms with Crippen molar-refractivity contribution >= 4 is 17.4 Å². The fourth-order valence-electron chi connectivity index (χ4n) is 3.04. The van der Waals surface area contributed by atoms with Crippen LogP contribution < -0.4 is 15.4 Å². The molecule has 1 aromatic heterocycles. The molecule has 0 aliphatic rings. The fraction of sp³-hybridized carbons (Fsp3) is 0.0870. The number of carbonyl (C=O) groups excluding carboxylic acids is 1. The molecular formula is C23H18F3N5O2. The van der Waals surface area contributed by atoms with Crippen LogP contribution >= 0.6 is 0 Å². The normalized spacial score (nSPS) is 10.7. The van der Waals surface area contributed by atoms with E-state index >= 15 is 0 Å². The molecular weight excluding hydrogens is 435 g/mol. The third kappa shape index (κ3) is 5.12. The van der Waals surface area contributed by atoms with E-state index in [1.165, 1.54) is 16.8 Å². The van der Waals surface area contributed by atoms with Crippen molar-refractivity contribution in [3.05, 3.63) is 84.2 Å². The molecule has 4 aromatic rings. The van der Waals surface area contributed by atoms with Crippen LogP contribution in [0.1, 0.15) is 6.92 Å². The van der Waals surface area contributed by atoms with Crippen LogP contribution in [0, 0.1) is 17.5 Å². The van der Waals surface area contributed by atoms with Crippen molar-refractivity contribution in [2.75, 3.05) is 17.2 Å². The molecule has 0 aliphatic heterocycles. The first-order valence-corrected chi connectivity index (χ1v) is 9.92. The Kier molecular flexibility index (Phi) is 6.25. The van der Waals surface area contributed by atoms with E-state index in [1.54, 1.807) is 43.3 Å². The molecule has 7 nitrogen and oxygen atoms in total. The van der Waals surface area contributed by atoms with Crippen LogP contribution in [0.3, 0.4) is 0 Å². The van der Waals surface area contributed by atoms with Crippen molar-refractivity contribution < 1.29 is 22.7 Å². The van der Waals surface area contributed by atoms with Crippen molar-refractivity contribution in [3.63, 3.8) is 0 Å². The number of rotatable bonds is 6. The maximum Gasteiger partial charge on any atom is 0.336 e. The fourth-order valence-corrected chi connectivity index (χ4v) is 3.04. The number of nitrogens with zero attached hydrogens (tertiary/aromatic N) is 3. The molecule has 10 heteroatoms. The summed E-state index contributed by atoms with van der Waals surface area (Å²) in [5, 5.41) is 9.20. The molecule has 2 N–H and O–H groups in total. The summed E-state index contributed by atoms with van der Waals surface area (Å²) < 4.78 is 47.4. The van der Waals surface area contributed by atoms with E-state index in [0.29, 0.717) is 35.4 Å². The Morgan fingerprint density at radius 1 is 0.970 bits per heavy atom. The molecule has 0 radical (unpaired) electrons. The number of anilines is 2. The van der Waals surface area contributed by atoms with Crippen LogP contribution in [-0.2, 0) is 0 Å². The minimum atomic E-state index is -0.887. The van der Waals surface area contributed by atoms with Gasteiger partial charge in [-0.3, -0.25) is 0 Å². The van der Waals surface area contributed by atoms with Gasteiger partial charge in [0.05, 0.1) is 18.0 Å². The Morgan fingerprint density at radius 3 is 2.42 bits per heavy atom. The number of benzene rings is 3. The standard InChI is InChI=1S/C23H18F3N5O2/c1-2-33-23-29-21(14-4-3-5-15(24)12-14)31(30-23)18-9-7-17(8-10-18)27-22(32)28-20-11-6-16(25)13-19(20)26/h3-13H,2H2,1H3,(H2,27,28,32). The van der Waals surface area contributed by atoms with Gasteiger partial charge in [-0.15, -0.1) is 5.10 Å². The molecule has 33 heavy (non-hydrogen) atoms. The van der Waals surface area contributed by atoms with E-state index in [4.69, 9.17) is 4.74 Å². The minimum absolute atomic E-state index is 0.139. The van der Waals surface area contributed by atoms with E-state index in [1.807, 2.05) is 0 Å². The number of nitrogens with one attached hydrogen (secondary N) is 2. The quantitative estimate of drug-likeness (QED) is 0.410. The van der Waals surface area contributed by atoms with Gasteiger partial charge in [0, 0.05) is 17.3 Å². The van der Waals surface area contributed by atoms with Gasteiger partial charge in [-0.2, -0.15) is 4.98 Å². The number of hydrogen-bond acceptors (Lipinski definition) is 4. The molecule has 1 heterocycles. The van der Waals surface area contributed by atoms with E-state index in [0.717, 1.165) is 12.1 Å². The summed E-state index contributed by atoms with van der Waals surface area (Å²) in [6.45, 7) is 2.16. The van der Waals surface area contributed by atoms with Crippen LogP contribution in [0.15, 0.2) is 66.7 Å². The van der Waals surface area contributed by atoms with E-state index in [-0.39, 0.29) is 11.7 Å². The first-order chi connectivity index (χ1) is 15.9. The van der Waals surface area contributed by atoms with Gasteiger partial charge >= 0.3 is 12.0 Å². The lowest BCUT2D eigenvalue weighted by Gasteiger charge is -2.10. The zero-order chi connectivity index (χ0) is 23.4. The maximum atomic E-state index is 13.7. The summed E-state index contributed by atoms with van der Waals surface area (Å²) in [5.41, 5.74) is 1.35. The van der Waals surface area contributed by atoms with Crippen LogP contribution in [0.5, 0.6) is 6.01 Å². The minimum Gasteiger partial charge on any atom is -0.463 e. The number of aromatic nitrogens is 3. The van der Waals surface area contributed by atoms with Gasteiger partial charge in [0.25, 0.3) is 0 Å². The highest BCUT2D eigenvalue weighted by Gasteiger charge is 2.15. The maximum absolute atomic E-state index is 13.7. The Balaban J connectivity index is 1.55. The Morgan fingerprint density at radius 2 is 1.73 bits per heavy atom. The van der Waals surface area contributed by atoms with Crippen molar-refractivity contribution in [2.24, 2.45) is 0 Å². The van der Waals surface area contributed by atoms with Gasteiger partial charge in [0.1, 0.15) is 17.5 Å². The highest BCUT2D eigenvalue weighted by atomic mass is 19.1. The molecule has 3 aromatic carbocycles. The zero-order valence-corrected chi connectivity index (χ0v) is 17.3. The van der Waals surface area contributed by atoms with Gasteiger partial charge in [0.2, 0.25) is 0 Å². The average Bonchev–Trinajstić information content (AvgIpc) is 3.20. The molecule has 0 atom stereocenters. The molecule has 0 bridgehead atoms. The predicted octanol–water partition coefficient (Wildman–Crippen LogP) is 5.39. The summed E-state index contributed by atoms with van der Waals surface area (Å²) >= 11 is 0. The molecule has 0 spiro atoms. The molecule has 0 fully saturated rings. The van der Waals surface area contributed by atoms with Crippen LogP contribution in [0.4, 0.5) is 29.3 Å². The summed E-state index contributed by atoms with van der Waals surface area (Å²) in [7, 11) is 0. The Hall–Kier alpha value is -4.34. The van der Waals surface area contributed by atoms with Crippen LogP contribution in [-0.4, -0.2) is 27.4 Å². The summed E-state index contributed by atoms with van der Waals surface area (Å²) in [6.07, 6.45) is 0. The first-order valence-electron chi connectivity index (χ1n) is 9.92. The third-order valence-corrected chi connectivity index (χ3v) is 4.49. The second-order valence-electron chi connectivity index (χ2n) is 6.82. The molecule has 0 saturated carbocycles. The van der Waals surface area contributed by atoms with Crippen molar-refractivity contribution in [1.82, 2.24) is 14.8 Å².